The van der Waals surface area contributed by atoms with Crippen molar-refractivity contribution in [2.24, 2.45) is 5.84 Å². The first kappa shape index (κ1) is 11.0. The van der Waals surface area contributed by atoms with Crippen LogP contribution in [0.1, 0.15) is 18.0 Å². The fourth-order valence-electron chi connectivity index (χ4n) is 1.51. The van der Waals surface area contributed by atoms with Crippen LogP contribution in [0, 0.1) is 0 Å². The van der Waals surface area contributed by atoms with Gasteiger partial charge in [0, 0.05) is 29.0 Å². The number of nitrogens with zero attached hydrogens (tertiary/aromatic N) is 2. The van der Waals surface area contributed by atoms with Gasteiger partial charge in [0.05, 0.1) is 5.25 Å². The van der Waals surface area contributed by atoms with E-state index in [2.05, 4.69) is 22.3 Å². The quantitative estimate of drug-likeness (QED) is 0.607. The van der Waals surface area contributed by atoms with Crippen LogP contribution in [-0.2, 0) is 0 Å². The Morgan fingerprint density at radius 2 is 2.27 bits per heavy atom. The van der Waals surface area contributed by atoms with Crippen molar-refractivity contribution in [2.45, 2.75) is 17.4 Å². The molecule has 1 aliphatic rings. The van der Waals surface area contributed by atoms with Gasteiger partial charge in [0.1, 0.15) is 11.6 Å². The maximum Gasteiger partial charge on any atom is 0.144 e. The summed E-state index contributed by atoms with van der Waals surface area (Å²) in [5.74, 6) is 9.29. The molecule has 2 rings (SSSR count). The van der Waals surface area contributed by atoms with Crippen molar-refractivity contribution >= 4 is 29.3 Å². The summed E-state index contributed by atoms with van der Waals surface area (Å²) in [4.78, 5) is 8.70. The van der Waals surface area contributed by atoms with Gasteiger partial charge >= 0.3 is 0 Å². The van der Waals surface area contributed by atoms with Crippen LogP contribution in [0.5, 0.6) is 0 Å². The number of aromatic nitrogens is 2. The molecule has 15 heavy (non-hydrogen) atoms. The molecule has 0 bridgehead atoms. The Hall–Kier alpha value is -0.460. The molecular weight excluding hydrogens is 228 g/mol. The Kier molecular flexibility index (Phi) is 3.71. The number of anilines is 1. The number of nitrogen functional groups attached to an aromatic ring is 1. The smallest absolute Gasteiger partial charge is 0.144 e. The van der Waals surface area contributed by atoms with Gasteiger partial charge in [-0.15, -0.1) is 11.8 Å². The molecule has 0 aromatic carbocycles. The van der Waals surface area contributed by atoms with E-state index in [-0.39, 0.29) is 0 Å². The van der Waals surface area contributed by atoms with E-state index in [0.717, 1.165) is 5.82 Å². The van der Waals surface area contributed by atoms with E-state index in [1.807, 2.05) is 23.5 Å². The minimum atomic E-state index is 0.386. The summed E-state index contributed by atoms with van der Waals surface area (Å²) in [6, 6.07) is 1.77. The van der Waals surface area contributed by atoms with E-state index in [4.69, 9.17) is 5.84 Å². The topological polar surface area (TPSA) is 63.8 Å². The SMILES string of the molecule is CC1SCCSC1c1nccc(NN)n1. The predicted octanol–water partition coefficient (Wildman–Crippen LogP) is 1.67. The lowest BCUT2D eigenvalue weighted by Crippen LogP contribution is -2.19. The molecule has 6 heteroatoms. The molecule has 3 N–H and O–H groups in total. The molecule has 1 aromatic rings. The molecule has 2 heterocycles. The number of nitrogens with two attached hydrogens (primary N) is 1. The second-order valence-electron chi connectivity index (χ2n) is 3.31. The van der Waals surface area contributed by atoms with E-state index in [9.17, 15) is 0 Å². The first-order chi connectivity index (χ1) is 7.31. The van der Waals surface area contributed by atoms with Gasteiger partial charge in [-0.25, -0.2) is 15.8 Å². The molecule has 0 amide bonds. The van der Waals surface area contributed by atoms with E-state index in [1.165, 1.54) is 11.5 Å². The first-order valence-electron chi connectivity index (χ1n) is 4.84. The van der Waals surface area contributed by atoms with Gasteiger partial charge in [-0.2, -0.15) is 11.8 Å². The second kappa shape index (κ2) is 5.05. The Bertz CT molecular complexity index is 334. The number of thioether (sulfide) groups is 2. The van der Waals surface area contributed by atoms with Crippen molar-refractivity contribution in [3.8, 4) is 0 Å². The van der Waals surface area contributed by atoms with Crippen molar-refractivity contribution in [1.29, 1.82) is 0 Å². The van der Waals surface area contributed by atoms with Gasteiger partial charge < -0.3 is 5.43 Å². The van der Waals surface area contributed by atoms with Gasteiger partial charge in [-0.05, 0) is 0 Å². The molecule has 82 valence electrons. The highest BCUT2D eigenvalue weighted by Gasteiger charge is 2.26. The number of nitrogens with one attached hydrogen (secondary N) is 1. The molecule has 0 aliphatic carbocycles. The van der Waals surface area contributed by atoms with Gasteiger partial charge in [0.25, 0.3) is 0 Å². The van der Waals surface area contributed by atoms with Crippen molar-refractivity contribution in [1.82, 2.24) is 9.97 Å². The normalized spacial score (nSPS) is 26.3. The fraction of sp³-hybridized carbons (Fsp3) is 0.556. The largest absolute Gasteiger partial charge is 0.308 e. The molecule has 4 nitrogen and oxygen atoms in total. The molecule has 1 saturated heterocycles. The van der Waals surface area contributed by atoms with Gasteiger partial charge in [0.15, 0.2) is 0 Å². The highest BCUT2D eigenvalue weighted by Crippen LogP contribution is 2.40. The van der Waals surface area contributed by atoms with Crippen LogP contribution >= 0.6 is 23.5 Å². The Labute approximate surface area is 97.8 Å². The van der Waals surface area contributed by atoms with Gasteiger partial charge in [-0.3, -0.25) is 0 Å². The lowest BCUT2D eigenvalue weighted by Gasteiger charge is -2.26. The number of rotatable bonds is 2. The zero-order valence-corrected chi connectivity index (χ0v) is 10.1. The third kappa shape index (κ3) is 2.56. The predicted molar refractivity (Wildman–Crippen MR) is 67.0 cm³/mol. The second-order valence-corrected chi connectivity index (χ2v) is 6.05. The maximum absolute atomic E-state index is 5.33. The van der Waals surface area contributed by atoms with Crippen LogP contribution in [-0.4, -0.2) is 26.7 Å². The molecule has 0 spiro atoms. The Morgan fingerprint density at radius 1 is 1.47 bits per heavy atom. The fourth-order valence-corrected chi connectivity index (χ4v) is 4.20. The standard InChI is InChI=1S/C9H14N4S2/c1-6-8(15-5-4-14-6)9-11-3-2-7(12-9)13-10/h2-3,6,8H,4-5,10H2,1H3,(H,11,12,13). The molecule has 2 unspecified atom stereocenters. The number of hydrogen-bond donors (Lipinski definition) is 2. The average molecular weight is 242 g/mol. The van der Waals surface area contributed by atoms with Gasteiger partial charge in [0.2, 0.25) is 0 Å². The Balaban J connectivity index is 2.19. The maximum atomic E-state index is 5.33. The van der Waals surface area contributed by atoms with E-state index in [1.54, 1.807) is 12.3 Å². The zero-order valence-electron chi connectivity index (χ0n) is 8.51. The summed E-state index contributed by atoms with van der Waals surface area (Å²) < 4.78 is 0. The van der Waals surface area contributed by atoms with Crippen LogP contribution in [0.25, 0.3) is 0 Å². The first-order valence-corrected chi connectivity index (χ1v) is 6.94. The van der Waals surface area contributed by atoms with Crippen molar-refractivity contribution in [3.05, 3.63) is 18.1 Å². The summed E-state index contributed by atoms with van der Waals surface area (Å²) in [6.45, 7) is 2.23. The molecule has 1 aromatic heterocycles. The van der Waals surface area contributed by atoms with E-state index in [0.29, 0.717) is 16.3 Å². The number of hydrogen-bond acceptors (Lipinski definition) is 6. The van der Waals surface area contributed by atoms with Gasteiger partial charge in [-0.1, -0.05) is 6.92 Å². The third-order valence-corrected chi connectivity index (χ3v) is 5.35. The van der Waals surface area contributed by atoms with Crippen molar-refractivity contribution in [2.75, 3.05) is 16.9 Å². The lowest BCUT2D eigenvalue weighted by atomic mass is 10.3. The van der Waals surface area contributed by atoms with E-state index >= 15 is 0 Å². The van der Waals surface area contributed by atoms with Crippen molar-refractivity contribution < 1.29 is 0 Å². The summed E-state index contributed by atoms with van der Waals surface area (Å²) in [6.07, 6.45) is 1.75. The average Bonchev–Trinajstić information content (AvgIpc) is 2.30. The highest BCUT2D eigenvalue weighted by molar-refractivity contribution is 8.06. The molecule has 0 saturated carbocycles. The molecular formula is C9H14N4S2. The zero-order chi connectivity index (χ0) is 10.7. The van der Waals surface area contributed by atoms with E-state index < -0.39 is 0 Å². The molecule has 1 fully saturated rings. The lowest BCUT2D eigenvalue weighted by molar-refractivity contribution is 0.823. The molecule has 2 atom stereocenters. The monoisotopic (exact) mass is 242 g/mol. The van der Waals surface area contributed by atoms with Crippen LogP contribution in [0.4, 0.5) is 5.82 Å². The van der Waals surface area contributed by atoms with Crippen LogP contribution in [0.2, 0.25) is 0 Å². The van der Waals surface area contributed by atoms with Crippen molar-refractivity contribution in [3.63, 3.8) is 0 Å². The minimum Gasteiger partial charge on any atom is -0.308 e. The summed E-state index contributed by atoms with van der Waals surface area (Å²) in [7, 11) is 0. The van der Waals surface area contributed by atoms with Crippen LogP contribution in [0.3, 0.4) is 0 Å². The summed E-state index contributed by atoms with van der Waals surface area (Å²) in [5, 5.41) is 0.953. The third-order valence-electron chi connectivity index (χ3n) is 2.26. The van der Waals surface area contributed by atoms with Crippen LogP contribution < -0.4 is 11.3 Å². The summed E-state index contributed by atoms with van der Waals surface area (Å²) in [5.41, 5.74) is 2.55. The molecule has 1 aliphatic heterocycles. The number of hydrazine groups is 1. The minimum absolute atomic E-state index is 0.386. The Morgan fingerprint density at radius 3 is 3.00 bits per heavy atom. The highest BCUT2D eigenvalue weighted by atomic mass is 32.2. The van der Waals surface area contributed by atoms with Crippen LogP contribution in [0.15, 0.2) is 12.3 Å². The summed E-state index contributed by atoms with van der Waals surface area (Å²) >= 11 is 3.91. The molecule has 0 radical (unpaired) electrons.